The van der Waals surface area contributed by atoms with Gasteiger partial charge in [-0.1, -0.05) is 23.8 Å². The van der Waals surface area contributed by atoms with E-state index in [9.17, 15) is 9.59 Å². The number of hydrogen-bond donors (Lipinski definition) is 1. The molecule has 0 atom stereocenters. The van der Waals surface area contributed by atoms with Crippen molar-refractivity contribution < 1.29 is 19.1 Å². The Hall–Kier alpha value is -3.02. The minimum Gasteiger partial charge on any atom is -0.486 e. The first-order valence-electron chi connectivity index (χ1n) is 9.33. The van der Waals surface area contributed by atoms with Crippen LogP contribution in [0.1, 0.15) is 22.3 Å². The van der Waals surface area contributed by atoms with Crippen molar-refractivity contribution in [1.29, 1.82) is 0 Å². The first kappa shape index (κ1) is 19.7. The van der Waals surface area contributed by atoms with Gasteiger partial charge in [-0.25, -0.2) is 0 Å². The Bertz CT molecular complexity index is 884. The van der Waals surface area contributed by atoms with Gasteiger partial charge in [0.25, 0.3) is 0 Å². The Morgan fingerprint density at radius 2 is 1.64 bits per heavy atom. The number of carbonyl (C=O) groups is 2. The van der Waals surface area contributed by atoms with E-state index in [1.54, 1.807) is 7.05 Å². The van der Waals surface area contributed by atoms with Crippen LogP contribution >= 0.6 is 0 Å². The Morgan fingerprint density at radius 1 is 1.00 bits per heavy atom. The monoisotopic (exact) mass is 382 g/mol. The van der Waals surface area contributed by atoms with Gasteiger partial charge in [-0.2, -0.15) is 0 Å². The molecular formula is C22H26N2O4. The highest BCUT2D eigenvalue weighted by molar-refractivity contribution is 5.96. The summed E-state index contributed by atoms with van der Waals surface area (Å²) < 4.78 is 11.0. The van der Waals surface area contributed by atoms with Crippen molar-refractivity contribution in [3.63, 3.8) is 0 Å². The number of nitrogens with zero attached hydrogens (tertiary/aromatic N) is 1. The van der Waals surface area contributed by atoms with Crippen LogP contribution in [-0.4, -0.2) is 43.5 Å². The molecule has 0 bridgehead atoms. The molecule has 0 radical (unpaired) electrons. The first-order valence-corrected chi connectivity index (χ1v) is 9.33. The van der Waals surface area contributed by atoms with E-state index in [1.807, 2.05) is 51.1 Å². The van der Waals surface area contributed by atoms with Crippen LogP contribution in [0, 0.1) is 20.8 Å². The number of hydrogen-bond acceptors (Lipinski definition) is 4. The predicted molar refractivity (Wildman–Crippen MR) is 108 cm³/mol. The van der Waals surface area contributed by atoms with Crippen LogP contribution in [0.15, 0.2) is 30.3 Å². The standard InChI is InChI=1S/C22H26N2O4/c1-14-9-15(2)22(16(3)10-14)23-20(25)13-24(4)21(26)12-17-5-6-18-19(11-17)28-8-7-27-18/h5-6,9-11H,7-8,12-13H2,1-4H3,(H,23,25). The van der Waals surface area contributed by atoms with Crippen LogP contribution in [0.4, 0.5) is 5.69 Å². The van der Waals surface area contributed by atoms with E-state index in [4.69, 9.17) is 9.47 Å². The maximum absolute atomic E-state index is 12.5. The van der Waals surface area contributed by atoms with Gasteiger partial charge in [-0.3, -0.25) is 9.59 Å². The predicted octanol–water partition coefficient (Wildman–Crippen LogP) is 3.02. The van der Waals surface area contributed by atoms with E-state index >= 15 is 0 Å². The molecule has 0 aliphatic carbocycles. The summed E-state index contributed by atoms with van der Waals surface area (Å²) >= 11 is 0. The third kappa shape index (κ3) is 4.63. The van der Waals surface area contributed by atoms with Gasteiger partial charge in [0.15, 0.2) is 11.5 Å². The topological polar surface area (TPSA) is 67.9 Å². The summed E-state index contributed by atoms with van der Waals surface area (Å²) in [5, 5.41) is 2.93. The normalized spacial score (nSPS) is 12.4. The summed E-state index contributed by atoms with van der Waals surface area (Å²) in [6, 6.07) is 9.53. The third-order valence-corrected chi connectivity index (χ3v) is 4.71. The highest BCUT2D eigenvalue weighted by atomic mass is 16.6. The highest BCUT2D eigenvalue weighted by Gasteiger charge is 2.17. The maximum Gasteiger partial charge on any atom is 0.243 e. The van der Waals surface area contributed by atoms with E-state index in [-0.39, 0.29) is 24.8 Å². The Kier molecular flexibility index (Phi) is 5.87. The van der Waals surface area contributed by atoms with Crippen LogP contribution in [0.2, 0.25) is 0 Å². The van der Waals surface area contributed by atoms with Crippen molar-refractivity contribution >= 4 is 17.5 Å². The molecule has 1 heterocycles. The molecule has 1 aliphatic heterocycles. The zero-order valence-corrected chi connectivity index (χ0v) is 16.8. The second-order valence-electron chi connectivity index (χ2n) is 7.23. The quantitative estimate of drug-likeness (QED) is 0.863. The summed E-state index contributed by atoms with van der Waals surface area (Å²) in [5.74, 6) is 0.999. The summed E-state index contributed by atoms with van der Waals surface area (Å²) in [5.41, 5.74) is 4.81. The molecule has 0 aromatic heterocycles. The second-order valence-corrected chi connectivity index (χ2v) is 7.23. The van der Waals surface area contributed by atoms with Gasteiger partial charge in [0.1, 0.15) is 13.2 Å². The number of amides is 2. The zero-order chi connectivity index (χ0) is 20.3. The lowest BCUT2D eigenvalue weighted by Gasteiger charge is -2.20. The summed E-state index contributed by atoms with van der Waals surface area (Å²) in [7, 11) is 1.63. The Balaban J connectivity index is 1.59. The molecular weight excluding hydrogens is 356 g/mol. The molecule has 28 heavy (non-hydrogen) atoms. The molecule has 0 saturated heterocycles. The minimum absolute atomic E-state index is 0.00383. The molecule has 0 unspecified atom stereocenters. The van der Waals surface area contributed by atoms with E-state index in [0.29, 0.717) is 24.7 Å². The van der Waals surface area contributed by atoms with Crippen molar-refractivity contribution in [3.05, 3.63) is 52.6 Å². The van der Waals surface area contributed by atoms with Gasteiger partial charge in [0.2, 0.25) is 11.8 Å². The number of carbonyl (C=O) groups excluding carboxylic acids is 2. The second kappa shape index (κ2) is 8.33. The van der Waals surface area contributed by atoms with Crippen LogP contribution < -0.4 is 14.8 Å². The zero-order valence-electron chi connectivity index (χ0n) is 16.8. The number of nitrogens with one attached hydrogen (secondary N) is 1. The lowest BCUT2D eigenvalue weighted by Crippen LogP contribution is -2.36. The molecule has 6 heteroatoms. The van der Waals surface area contributed by atoms with E-state index in [2.05, 4.69) is 5.32 Å². The van der Waals surface area contributed by atoms with Crippen LogP contribution in [0.3, 0.4) is 0 Å². The maximum atomic E-state index is 12.5. The van der Waals surface area contributed by atoms with Gasteiger partial charge in [-0.05, 0) is 49.6 Å². The van der Waals surface area contributed by atoms with Crippen molar-refractivity contribution in [1.82, 2.24) is 4.90 Å². The van der Waals surface area contributed by atoms with Gasteiger partial charge >= 0.3 is 0 Å². The number of aryl methyl sites for hydroxylation is 3. The van der Waals surface area contributed by atoms with Gasteiger partial charge in [-0.15, -0.1) is 0 Å². The van der Waals surface area contributed by atoms with E-state index < -0.39 is 0 Å². The summed E-state index contributed by atoms with van der Waals surface area (Å²) in [6.45, 7) is 6.98. The van der Waals surface area contributed by atoms with Crippen molar-refractivity contribution in [3.8, 4) is 11.5 Å². The van der Waals surface area contributed by atoms with E-state index in [0.717, 1.165) is 27.9 Å². The van der Waals surface area contributed by atoms with Gasteiger partial charge in [0.05, 0.1) is 13.0 Å². The lowest BCUT2D eigenvalue weighted by molar-refractivity contribution is -0.132. The van der Waals surface area contributed by atoms with Crippen molar-refractivity contribution in [2.45, 2.75) is 27.2 Å². The fourth-order valence-corrected chi connectivity index (χ4v) is 3.37. The number of benzene rings is 2. The number of fused-ring (bicyclic) bond motifs is 1. The van der Waals surface area contributed by atoms with Gasteiger partial charge in [0, 0.05) is 12.7 Å². The number of rotatable bonds is 5. The van der Waals surface area contributed by atoms with Crippen LogP contribution in [-0.2, 0) is 16.0 Å². The highest BCUT2D eigenvalue weighted by Crippen LogP contribution is 2.31. The number of ether oxygens (including phenoxy) is 2. The Labute approximate surface area is 165 Å². The average molecular weight is 382 g/mol. The van der Waals surface area contributed by atoms with Crippen molar-refractivity contribution in [2.75, 3.05) is 32.1 Å². The molecule has 1 N–H and O–H groups in total. The molecule has 0 saturated carbocycles. The molecule has 0 fully saturated rings. The fourth-order valence-electron chi connectivity index (χ4n) is 3.37. The first-order chi connectivity index (χ1) is 13.3. The summed E-state index contributed by atoms with van der Waals surface area (Å²) in [6.07, 6.45) is 0.197. The largest absolute Gasteiger partial charge is 0.486 e. The molecule has 1 aliphatic rings. The molecule has 6 nitrogen and oxygen atoms in total. The molecule has 0 spiro atoms. The van der Waals surface area contributed by atoms with Gasteiger partial charge < -0.3 is 19.7 Å². The minimum atomic E-state index is -0.215. The number of anilines is 1. The van der Waals surface area contributed by atoms with Crippen LogP contribution in [0.5, 0.6) is 11.5 Å². The van der Waals surface area contributed by atoms with Crippen molar-refractivity contribution in [2.24, 2.45) is 0 Å². The molecule has 148 valence electrons. The molecule has 2 aromatic carbocycles. The average Bonchev–Trinajstić information content (AvgIpc) is 2.64. The molecule has 2 aromatic rings. The lowest BCUT2D eigenvalue weighted by atomic mass is 10.1. The summed E-state index contributed by atoms with van der Waals surface area (Å²) in [4.78, 5) is 26.4. The Morgan fingerprint density at radius 3 is 2.32 bits per heavy atom. The SMILES string of the molecule is Cc1cc(C)c(NC(=O)CN(C)C(=O)Cc2ccc3c(c2)OCCO3)c(C)c1. The van der Waals surface area contributed by atoms with Crippen LogP contribution in [0.25, 0.3) is 0 Å². The smallest absolute Gasteiger partial charge is 0.243 e. The molecule has 3 rings (SSSR count). The third-order valence-electron chi connectivity index (χ3n) is 4.71. The fraction of sp³-hybridized carbons (Fsp3) is 0.364. The molecule has 2 amide bonds. The van der Waals surface area contributed by atoms with E-state index in [1.165, 1.54) is 4.90 Å². The number of likely N-dealkylation sites (N-methyl/N-ethyl adjacent to an activating group) is 1.